The number of hydrogen-bond donors (Lipinski definition) is 3. The van der Waals surface area contributed by atoms with Crippen molar-refractivity contribution < 1.29 is 58.6 Å². The maximum Gasteiger partial charge on any atom is 0.492 e. The number of rotatable bonds is 15. The van der Waals surface area contributed by atoms with Crippen LogP contribution >= 0.6 is 11.3 Å². The smallest absolute Gasteiger partial charge is 0.488 e. The van der Waals surface area contributed by atoms with Gasteiger partial charge in [-0.05, 0) is 32.9 Å². The number of anilines is 1. The van der Waals surface area contributed by atoms with Gasteiger partial charge in [0.25, 0.3) is 11.8 Å². The van der Waals surface area contributed by atoms with Gasteiger partial charge in [-0.25, -0.2) is 19.3 Å². The summed E-state index contributed by atoms with van der Waals surface area (Å²) in [5.41, 5.74) is 9.12. The predicted octanol–water partition coefficient (Wildman–Crippen LogP) is -0.265. The van der Waals surface area contributed by atoms with Gasteiger partial charge in [-0.3, -0.25) is 9.59 Å². The fraction of sp³-hybridized carbons (Fsp3) is 0.400. The number of amides is 2. The van der Waals surface area contributed by atoms with Crippen LogP contribution in [-0.4, -0.2) is 89.0 Å². The van der Waals surface area contributed by atoms with E-state index in [0.29, 0.717) is 18.1 Å². The molecule has 0 radical (unpaired) electrons. The van der Waals surface area contributed by atoms with E-state index in [0.717, 1.165) is 24.3 Å². The van der Waals surface area contributed by atoms with E-state index < -0.39 is 51.7 Å². The van der Waals surface area contributed by atoms with Crippen molar-refractivity contribution in [1.82, 2.24) is 24.9 Å². The summed E-state index contributed by atoms with van der Waals surface area (Å²) >= 11 is 0.975. The van der Waals surface area contributed by atoms with Crippen molar-refractivity contribution in [2.75, 3.05) is 25.5 Å². The number of oxime groups is 1. The third kappa shape index (κ3) is 8.72. The molecule has 260 valence electrons. The van der Waals surface area contributed by atoms with Gasteiger partial charge >= 0.3 is 22.5 Å². The normalized spacial score (nSPS) is 16.3. The second kappa shape index (κ2) is 14.5. The monoisotopic (exact) mass is 720 g/mol. The first kappa shape index (κ1) is 36.0. The van der Waals surface area contributed by atoms with Crippen molar-refractivity contribution >= 4 is 50.4 Å². The first-order valence-electron chi connectivity index (χ1n) is 13.7. The second-order valence-electron chi connectivity index (χ2n) is 10.3. The quantitative estimate of drug-likeness (QED) is 0.0604. The molecule has 1 aliphatic heterocycles. The molecule has 0 aromatic carbocycles. The largest absolute Gasteiger partial charge is 0.492 e. The molecule has 0 spiro atoms. The number of carbonyl (C=O) groups excluding carboxylic acids is 3. The molecule has 1 aliphatic rings. The fourth-order valence-corrected chi connectivity index (χ4v) is 5.33. The third-order valence-corrected chi connectivity index (χ3v) is 7.76. The van der Waals surface area contributed by atoms with Crippen LogP contribution in [0.3, 0.4) is 0 Å². The van der Waals surface area contributed by atoms with Gasteiger partial charge in [0.2, 0.25) is 12.1 Å². The zero-order valence-corrected chi connectivity index (χ0v) is 26.7. The Morgan fingerprint density at radius 2 is 2.00 bits per heavy atom. The first-order valence-corrected chi connectivity index (χ1v) is 15.9. The number of hydroxylamine groups is 2. The average Bonchev–Trinajstić information content (AvgIpc) is 3.68. The highest BCUT2D eigenvalue weighted by Crippen LogP contribution is 2.33. The van der Waals surface area contributed by atoms with E-state index in [1.165, 1.54) is 25.4 Å². The molecule has 1 fully saturated rings. The minimum Gasteiger partial charge on any atom is -0.488 e. The molecule has 0 saturated carbocycles. The van der Waals surface area contributed by atoms with Crippen LogP contribution in [0.4, 0.5) is 18.3 Å². The minimum atomic E-state index is -5.66. The lowest BCUT2D eigenvalue weighted by Gasteiger charge is -2.50. The van der Waals surface area contributed by atoms with Crippen molar-refractivity contribution in [2.45, 2.75) is 44.6 Å². The summed E-state index contributed by atoms with van der Waals surface area (Å²) in [5, 5.41) is 7.70. The molecule has 1 saturated heterocycles. The maximum atomic E-state index is 13.2. The molecular formula is C25H29F3N9O9S2+. The number of pyridine rings is 1. The number of ether oxygens (including phenoxy) is 1. The number of β-lactam (4-membered cyclic amide) rings is 1. The Balaban J connectivity index is 1.34. The van der Waals surface area contributed by atoms with E-state index in [4.69, 9.17) is 21.0 Å². The van der Waals surface area contributed by atoms with Crippen molar-refractivity contribution in [2.24, 2.45) is 10.9 Å². The molecule has 4 rings (SSSR count). The van der Waals surface area contributed by atoms with E-state index in [9.17, 15) is 36.0 Å². The molecule has 4 heterocycles. The first-order chi connectivity index (χ1) is 22.5. The predicted molar refractivity (Wildman–Crippen MR) is 157 cm³/mol. The number of aryl methyl sites for hydroxylation is 1. The van der Waals surface area contributed by atoms with E-state index in [1.54, 1.807) is 12.1 Å². The van der Waals surface area contributed by atoms with Crippen LogP contribution < -0.4 is 26.1 Å². The number of thiazole rings is 1. The highest BCUT2D eigenvalue weighted by atomic mass is 32.3. The van der Waals surface area contributed by atoms with Gasteiger partial charge in [0.05, 0.1) is 18.3 Å². The highest BCUT2D eigenvalue weighted by Gasteiger charge is 2.59. The third-order valence-electron chi connectivity index (χ3n) is 6.40. The standard InChI is InChI=1S/C25H28F3N9O9S2/c1-24(2)19(21(39)37(24)46-48(41,42)45-22(40)25(26,27)28)33-20(38)18(16-13-47-23(30)32-16)34-44-11-10-43-15-4-5-17(31-12-15)36-9-8-35(14-36)7-3-6-29/h4-5,8-9,12-14,19H,3,6-7,10-11,29H2,1-2H3,(H2-,30,32,33,38)/p+1/b34-18-/t19-/m1/s1. The minimum absolute atomic E-state index is 0.0188. The zero-order chi connectivity index (χ0) is 35.3. The second-order valence-corrected chi connectivity index (χ2v) is 12.3. The van der Waals surface area contributed by atoms with Crippen LogP contribution in [0.5, 0.6) is 5.75 Å². The van der Waals surface area contributed by atoms with Crippen LogP contribution in [0.25, 0.3) is 5.82 Å². The van der Waals surface area contributed by atoms with Crippen molar-refractivity contribution in [1.29, 1.82) is 0 Å². The summed E-state index contributed by atoms with van der Waals surface area (Å²) in [6, 6.07) is 1.97. The van der Waals surface area contributed by atoms with Crippen LogP contribution in [0.1, 0.15) is 26.0 Å². The van der Waals surface area contributed by atoms with E-state index in [-0.39, 0.29) is 29.1 Å². The molecule has 48 heavy (non-hydrogen) atoms. The topological polar surface area (TPSA) is 237 Å². The number of nitrogens with zero attached hydrogens (tertiary/aromatic N) is 6. The van der Waals surface area contributed by atoms with E-state index in [2.05, 4.69) is 28.9 Å². The van der Waals surface area contributed by atoms with Crippen LogP contribution in [0.15, 0.2) is 47.6 Å². The molecule has 0 bridgehead atoms. The Bertz CT molecular complexity index is 1780. The number of nitrogens with two attached hydrogens (primary N) is 2. The lowest BCUT2D eigenvalue weighted by molar-refractivity contribution is -0.696. The summed E-state index contributed by atoms with van der Waals surface area (Å²) in [6.45, 7) is 3.62. The van der Waals surface area contributed by atoms with Crippen molar-refractivity contribution in [3.05, 3.63) is 48.1 Å². The summed E-state index contributed by atoms with van der Waals surface area (Å²) in [5.74, 6) is -4.21. The molecule has 0 aliphatic carbocycles. The van der Waals surface area contributed by atoms with Gasteiger partial charge in [-0.2, -0.15) is 31.2 Å². The molecule has 3 aromatic heterocycles. The molecule has 3 aromatic rings. The van der Waals surface area contributed by atoms with Gasteiger partial charge in [-0.15, -0.1) is 15.6 Å². The number of aromatic nitrogens is 4. The number of imidazole rings is 1. The van der Waals surface area contributed by atoms with Crippen molar-refractivity contribution in [3.63, 3.8) is 0 Å². The van der Waals surface area contributed by atoms with Gasteiger partial charge in [0.1, 0.15) is 36.5 Å². The Labute approximate surface area is 274 Å². The SMILES string of the molecule is CC1(C)[C@H](NC(=O)/C(=N\OCCOc2ccc(-n3cc[n+](CCCN)c3)nc2)c2csc(N)n2)C(=O)N1OS(=O)(=O)OC(=O)C(F)(F)F. The average molecular weight is 721 g/mol. The van der Waals surface area contributed by atoms with Gasteiger partial charge < -0.3 is 30.5 Å². The Morgan fingerprint density at radius 1 is 1.25 bits per heavy atom. The molecule has 23 heteroatoms. The van der Waals surface area contributed by atoms with Crippen LogP contribution in [0.2, 0.25) is 0 Å². The Hall–Kier alpha value is -4.87. The summed E-state index contributed by atoms with van der Waals surface area (Å²) in [6.07, 6.45) is 2.34. The number of nitrogens with one attached hydrogen (secondary N) is 1. The summed E-state index contributed by atoms with van der Waals surface area (Å²) in [7, 11) is -5.66. The van der Waals surface area contributed by atoms with Gasteiger partial charge in [0, 0.05) is 11.4 Å². The van der Waals surface area contributed by atoms with Crippen LogP contribution in [-0.2, 0) is 44.6 Å². The van der Waals surface area contributed by atoms with Gasteiger partial charge in [0.15, 0.2) is 17.5 Å². The number of carbonyl (C=O) groups is 3. The van der Waals surface area contributed by atoms with Crippen LogP contribution in [0, 0.1) is 0 Å². The van der Waals surface area contributed by atoms with Crippen molar-refractivity contribution in [3.8, 4) is 11.6 Å². The van der Waals surface area contributed by atoms with E-state index >= 15 is 0 Å². The van der Waals surface area contributed by atoms with E-state index in [1.807, 2.05) is 27.9 Å². The fourth-order valence-electron chi connectivity index (χ4n) is 4.03. The van der Waals surface area contributed by atoms with Gasteiger partial charge in [-0.1, -0.05) is 5.16 Å². The number of halogens is 3. The molecule has 1 atom stereocenters. The highest BCUT2D eigenvalue weighted by molar-refractivity contribution is 7.82. The number of alkyl halides is 3. The Kier molecular flexibility index (Phi) is 10.9. The lowest BCUT2D eigenvalue weighted by Crippen LogP contribution is -2.77. The summed E-state index contributed by atoms with van der Waals surface area (Å²) < 4.78 is 77.8. The molecule has 5 N–H and O–H groups in total. The molecular weight excluding hydrogens is 691 g/mol. The Morgan fingerprint density at radius 3 is 2.60 bits per heavy atom. The maximum absolute atomic E-state index is 13.2. The number of nitrogen functional groups attached to an aromatic ring is 1. The number of hydrogen-bond acceptors (Lipinski definition) is 15. The molecule has 18 nitrogen and oxygen atoms in total. The summed E-state index contributed by atoms with van der Waals surface area (Å²) in [4.78, 5) is 50.3. The molecule has 0 unspecified atom stereocenters. The molecule has 2 amide bonds. The lowest BCUT2D eigenvalue weighted by atomic mass is 9.84. The zero-order valence-electron chi connectivity index (χ0n) is 25.1.